The van der Waals surface area contributed by atoms with Crippen molar-refractivity contribution in [2.75, 3.05) is 13.1 Å². The average Bonchev–Trinajstić information content (AvgIpc) is 2.35. The molecule has 2 rings (SSSR count). The Morgan fingerprint density at radius 2 is 1.95 bits per heavy atom. The van der Waals surface area contributed by atoms with Crippen molar-refractivity contribution < 1.29 is 4.79 Å². The molecule has 1 heterocycles. The molecule has 0 radical (unpaired) electrons. The lowest BCUT2D eigenvalue weighted by atomic mass is 9.78. The molecule has 3 heteroatoms. The van der Waals surface area contributed by atoms with E-state index in [0.717, 1.165) is 24.8 Å². The Hall–Kier alpha value is -0.570. The summed E-state index contributed by atoms with van der Waals surface area (Å²) in [6.07, 6.45) is 6.56. The minimum Gasteiger partial charge on any atom is -0.352 e. The van der Waals surface area contributed by atoms with Crippen LogP contribution in [0.4, 0.5) is 0 Å². The fraction of sp³-hybridized carbons (Fsp3) is 0.944. The Balaban J connectivity index is 1.96. The summed E-state index contributed by atoms with van der Waals surface area (Å²) in [4.78, 5) is 14.9. The molecule has 0 aromatic heterocycles. The Kier molecular flexibility index (Phi) is 5.34. The molecule has 1 amide bonds. The molecule has 2 aliphatic rings. The van der Waals surface area contributed by atoms with Crippen LogP contribution < -0.4 is 5.32 Å². The summed E-state index contributed by atoms with van der Waals surface area (Å²) in [5.41, 5.74) is -0.288. The maximum Gasteiger partial charge on any atom is 0.225 e. The number of likely N-dealkylation sites (tertiary alicyclic amines) is 1. The summed E-state index contributed by atoms with van der Waals surface area (Å²) in [5, 5.41) is 3.30. The maximum atomic E-state index is 12.3. The van der Waals surface area contributed by atoms with E-state index in [2.05, 4.69) is 24.1 Å². The number of amides is 1. The van der Waals surface area contributed by atoms with Crippen molar-refractivity contribution in [2.24, 2.45) is 17.3 Å². The van der Waals surface area contributed by atoms with Crippen LogP contribution >= 0.6 is 0 Å². The monoisotopic (exact) mass is 294 g/mol. The molecule has 0 aromatic rings. The molecular formula is C18H34N2O. The summed E-state index contributed by atoms with van der Waals surface area (Å²) in [7, 11) is 0. The Morgan fingerprint density at radius 3 is 2.43 bits per heavy atom. The second-order valence-electron chi connectivity index (χ2n) is 8.32. The predicted octanol–water partition coefficient (Wildman–Crippen LogP) is 3.44. The fourth-order valence-electron chi connectivity index (χ4n) is 3.60. The number of nitrogens with one attached hydrogen (secondary N) is 1. The van der Waals surface area contributed by atoms with E-state index in [0.29, 0.717) is 12.1 Å². The van der Waals surface area contributed by atoms with E-state index in [4.69, 9.17) is 0 Å². The second kappa shape index (κ2) is 6.68. The first-order chi connectivity index (χ1) is 9.81. The van der Waals surface area contributed by atoms with Gasteiger partial charge in [-0.15, -0.1) is 0 Å². The van der Waals surface area contributed by atoms with Gasteiger partial charge in [-0.1, -0.05) is 40.5 Å². The van der Waals surface area contributed by atoms with Gasteiger partial charge in [0.1, 0.15) is 0 Å². The van der Waals surface area contributed by atoms with E-state index >= 15 is 0 Å². The van der Waals surface area contributed by atoms with Crippen molar-refractivity contribution in [1.29, 1.82) is 0 Å². The topological polar surface area (TPSA) is 32.3 Å². The van der Waals surface area contributed by atoms with Gasteiger partial charge in [0.25, 0.3) is 0 Å². The van der Waals surface area contributed by atoms with Gasteiger partial charge in [-0.3, -0.25) is 9.69 Å². The van der Waals surface area contributed by atoms with Gasteiger partial charge in [-0.05, 0) is 38.0 Å². The lowest BCUT2D eigenvalue weighted by Gasteiger charge is -2.46. The van der Waals surface area contributed by atoms with E-state index in [9.17, 15) is 4.79 Å². The zero-order chi connectivity index (χ0) is 15.6. The largest absolute Gasteiger partial charge is 0.352 e. The molecule has 122 valence electrons. The van der Waals surface area contributed by atoms with Gasteiger partial charge >= 0.3 is 0 Å². The molecule has 1 N–H and O–H groups in total. The van der Waals surface area contributed by atoms with Crippen LogP contribution in [0.25, 0.3) is 0 Å². The number of nitrogens with zero attached hydrogens (tertiary/aromatic N) is 1. The predicted molar refractivity (Wildman–Crippen MR) is 88.2 cm³/mol. The fourth-order valence-corrected chi connectivity index (χ4v) is 3.60. The van der Waals surface area contributed by atoms with Crippen molar-refractivity contribution >= 4 is 5.91 Å². The summed E-state index contributed by atoms with van der Waals surface area (Å²) in [5.74, 6) is 1.81. The molecule has 2 fully saturated rings. The number of hydrogen-bond donors (Lipinski definition) is 1. The van der Waals surface area contributed by atoms with Gasteiger partial charge in [-0.2, -0.15) is 0 Å². The van der Waals surface area contributed by atoms with E-state index in [1.54, 1.807) is 0 Å². The van der Waals surface area contributed by atoms with Gasteiger partial charge in [0.2, 0.25) is 5.91 Å². The third kappa shape index (κ3) is 4.21. The van der Waals surface area contributed by atoms with E-state index in [1.165, 1.54) is 32.2 Å². The molecule has 0 aromatic carbocycles. The van der Waals surface area contributed by atoms with Crippen molar-refractivity contribution in [3.05, 3.63) is 0 Å². The van der Waals surface area contributed by atoms with E-state index < -0.39 is 0 Å². The number of carbonyl (C=O) groups is 1. The van der Waals surface area contributed by atoms with E-state index in [-0.39, 0.29) is 11.3 Å². The first-order valence-electron chi connectivity index (χ1n) is 8.86. The van der Waals surface area contributed by atoms with Crippen LogP contribution in [0.3, 0.4) is 0 Å². The highest BCUT2D eigenvalue weighted by Gasteiger charge is 2.35. The molecule has 3 atom stereocenters. The third-order valence-corrected chi connectivity index (χ3v) is 5.57. The van der Waals surface area contributed by atoms with Gasteiger partial charge in [0.05, 0.1) is 0 Å². The molecule has 1 saturated carbocycles. The minimum atomic E-state index is -0.288. The van der Waals surface area contributed by atoms with Gasteiger partial charge in [0, 0.05) is 30.6 Å². The average molecular weight is 294 g/mol. The Bertz CT molecular complexity index is 357. The zero-order valence-corrected chi connectivity index (χ0v) is 14.6. The molecule has 21 heavy (non-hydrogen) atoms. The van der Waals surface area contributed by atoms with Crippen LogP contribution in [0.2, 0.25) is 0 Å². The third-order valence-electron chi connectivity index (χ3n) is 5.57. The second-order valence-corrected chi connectivity index (χ2v) is 8.32. The number of carbonyl (C=O) groups excluding carboxylic acids is 1. The van der Waals surface area contributed by atoms with E-state index in [1.807, 2.05) is 20.8 Å². The number of piperidine rings is 1. The lowest BCUT2D eigenvalue weighted by Crippen LogP contribution is -2.56. The highest BCUT2D eigenvalue weighted by molar-refractivity contribution is 5.81. The zero-order valence-electron chi connectivity index (χ0n) is 14.6. The summed E-state index contributed by atoms with van der Waals surface area (Å²) in [6.45, 7) is 12.9. The Morgan fingerprint density at radius 1 is 1.29 bits per heavy atom. The van der Waals surface area contributed by atoms with Gasteiger partial charge in [0.15, 0.2) is 0 Å². The van der Waals surface area contributed by atoms with Crippen molar-refractivity contribution in [1.82, 2.24) is 10.2 Å². The molecular weight excluding hydrogens is 260 g/mol. The molecule has 3 nitrogen and oxygen atoms in total. The highest BCUT2D eigenvalue weighted by Crippen LogP contribution is 2.34. The number of hydrogen-bond acceptors (Lipinski definition) is 2. The smallest absolute Gasteiger partial charge is 0.225 e. The molecule has 1 aliphatic heterocycles. The van der Waals surface area contributed by atoms with Crippen molar-refractivity contribution in [3.8, 4) is 0 Å². The quantitative estimate of drug-likeness (QED) is 0.861. The van der Waals surface area contributed by atoms with Crippen LogP contribution in [-0.4, -0.2) is 36.0 Å². The van der Waals surface area contributed by atoms with Crippen LogP contribution in [0.15, 0.2) is 0 Å². The Labute approximate surface area is 130 Å². The first kappa shape index (κ1) is 16.8. The van der Waals surface area contributed by atoms with Gasteiger partial charge in [-0.25, -0.2) is 0 Å². The SMILES string of the molecule is CCC1CC(NC(=O)C(C)(C)C)CN(C(C)C2CCC2)C1. The van der Waals surface area contributed by atoms with Crippen LogP contribution in [-0.2, 0) is 4.79 Å². The standard InChI is InChI=1S/C18H34N2O/c1-6-14-10-16(19-17(21)18(3,4)5)12-20(11-14)13(2)15-8-7-9-15/h13-16H,6-12H2,1-5H3,(H,19,21). The normalized spacial score (nSPS) is 29.8. The highest BCUT2D eigenvalue weighted by atomic mass is 16.2. The molecule has 0 spiro atoms. The summed E-state index contributed by atoms with van der Waals surface area (Å²) >= 11 is 0. The molecule has 0 bridgehead atoms. The van der Waals surface area contributed by atoms with Crippen LogP contribution in [0.5, 0.6) is 0 Å². The summed E-state index contributed by atoms with van der Waals surface area (Å²) < 4.78 is 0. The van der Waals surface area contributed by atoms with Crippen molar-refractivity contribution in [3.63, 3.8) is 0 Å². The van der Waals surface area contributed by atoms with Crippen LogP contribution in [0, 0.1) is 17.3 Å². The maximum absolute atomic E-state index is 12.3. The summed E-state index contributed by atoms with van der Waals surface area (Å²) in [6, 6.07) is 1.01. The molecule has 1 saturated heterocycles. The first-order valence-corrected chi connectivity index (χ1v) is 8.86. The minimum absolute atomic E-state index is 0.195. The van der Waals surface area contributed by atoms with Crippen LogP contribution in [0.1, 0.15) is 66.7 Å². The van der Waals surface area contributed by atoms with Gasteiger partial charge < -0.3 is 5.32 Å². The molecule has 1 aliphatic carbocycles. The number of rotatable bonds is 4. The lowest BCUT2D eigenvalue weighted by molar-refractivity contribution is -0.130. The molecule has 3 unspecified atom stereocenters. The van der Waals surface area contributed by atoms with Crippen molar-refractivity contribution in [2.45, 2.75) is 78.8 Å².